The highest BCUT2D eigenvalue weighted by Crippen LogP contribution is 2.28. The second-order valence-corrected chi connectivity index (χ2v) is 6.84. The summed E-state index contributed by atoms with van der Waals surface area (Å²) >= 11 is 0. The maximum atomic E-state index is 14.0. The Morgan fingerprint density at radius 2 is 1.96 bits per heavy atom. The molecule has 146 valence electrons. The fraction of sp³-hybridized carbons (Fsp3) is 0.300. The number of rotatable bonds is 4. The molecule has 0 unspecified atom stereocenters. The van der Waals surface area contributed by atoms with Gasteiger partial charge in [-0.2, -0.15) is 0 Å². The molecule has 0 spiro atoms. The number of aromatic nitrogens is 2. The van der Waals surface area contributed by atoms with E-state index in [9.17, 15) is 13.6 Å². The highest BCUT2D eigenvalue weighted by atomic mass is 19.1. The van der Waals surface area contributed by atoms with Gasteiger partial charge in [-0.3, -0.25) is 4.79 Å². The van der Waals surface area contributed by atoms with Gasteiger partial charge in [-0.05, 0) is 62.3 Å². The highest BCUT2D eigenvalue weighted by Gasteiger charge is 2.39. The third kappa shape index (κ3) is 3.36. The van der Waals surface area contributed by atoms with E-state index >= 15 is 0 Å². The van der Waals surface area contributed by atoms with Gasteiger partial charge < -0.3 is 20.4 Å². The van der Waals surface area contributed by atoms with Crippen LogP contribution in [0.25, 0.3) is 22.4 Å². The molecule has 0 bridgehead atoms. The van der Waals surface area contributed by atoms with Crippen molar-refractivity contribution in [2.45, 2.75) is 18.4 Å². The van der Waals surface area contributed by atoms with Crippen molar-refractivity contribution in [2.75, 3.05) is 25.5 Å². The Morgan fingerprint density at radius 1 is 1.18 bits per heavy atom. The van der Waals surface area contributed by atoms with E-state index in [-0.39, 0.29) is 17.3 Å². The van der Waals surface area contributed by atoms with Gasteiger partial charge in [-0.15, -0.1) is 0 Å². The van der Waals surface area contributed by atoms with Crippen LogP contribution < -0.4 is 10.6 Å². The van der Waals surface area contributed by atoms with E-state index in [4.69, 9.17) is 4.74 Å². The number of imidazole rings is 1. The van der Waals surface area contributed by atoms with E-state index in [1.807, 2.05) is 0 Å². The number of methoxy groups -OCH3 is 1. The van der Waals surface area contributed by atoms with Gasteiger partial charge in [0.05, 0.1) is 16.6 Å². The van der Waals surface area contributed by atoms with Crippen LogP contribution in [0, 0.1) is 11.6 Å². The van der Waals surface area contributed by atoms with E-state index in [1.54, 1.807) is 25.3 Å². The number of amides is 1. The zero-order chi connectivity index (χ0) is 19.7. The zero-order valence-electron chi connectivity index (χ0n) is 15.3. The van der Waals surface area contributed by atoms with Gasteiger partial charge in [0.2, 0.25) is 0 Å². The molecule has 1 amide bonds. The minimum atomic E-state index is -0.857. The summed E-state index contributed by atoms with van der Waals surface area (Å²) in [5, 5.41) is 6.10. The zero-order valence-corrected chi connectivity index (χ0v) is 15.3. The van der Waals surface area contributed by atoms with Crippen molar-refractivity contribution in [3.05, 3.63) is 48.0 Å². The summed E-state index contributed by atoms with van der Waals surface area (Å²) in [6.45, 7) is 1.42. The summed E-state index contributed by atoms with van der Waals surface area (Å²) in [4.78, 5) is 20.1. The number of halogens is 2. The monoisotopic (exact) mass is 386 g/mol. The summed E-state index contributed by atoms with van der Waals surface area (Å²) in [5.41, 5.74) is 0.953. The molecule has 0 saturated carbocycles. The molecule has 0 aliphatic carbocycles. The van der Waals surface area contributed by atoms with Crippen LogP contribution in [0.3, 0.4) is 0 Å². The number of nitrogens with one attached hydrogen (secondary N) is 3. The largest absolute Gasteiger partial charge is 0.368 e. The minimum absolute atomic E-state index is 0.0508. The highest BCUT2D eigenvalue weighted by molar-refractivity contribution is 5.99. The summed E-state index contributed by atoms with van der Waals surface area (Å²) < 4.78 is 33.0. The minimum Gasteiger partial charge on any atom is -0.368 e. The van der Waals surface area contributed by atoms with Gasteiger partial charge in [-0.25, -0.2) is 13.8 Å². The molecule has 1 aliphatic rings. The van der Waals surface area contributed by atoms with E-state index in [0.29, 0.717) is 42.7 Å². The number of carbonyl (C=O) groups excluding carboxylic acids is 1. The number of aromatic amines is 1. The molecule has 3 aromatic rings. The lowest BCUT2D eigenvalue weighted by atomic mass is 9.91. The predicted octanol–water partition coefficient (Wildman–Crippen LogP) is 3.22. The maximum absolute atomic E-state index is 14.0. The van der Waals surface area contributed by atoms with E-state index in [2.05, 4.69) is 20.6 Å². The lowest BCUT2D eigenvalue weighted by molar-refractivity contribution is -0.140. The molecule has 0 radical (unpaired) electrons. The standard InChI is InChI=1S/C20H20F2N4O2/c1-28-20(6-8-23-9-7-20)19(27)24-13-3-5-16-17(11-13)26-18(25-16)14-10-12(21)2-4-15(14)22/h2-5,10-11,23H,6-9H2,1H3,(H,24,27)(H,25,26). The second kappa shape index (κ2) is 7.29. The third-order valence-electron chi connectivity index (χ3n) is 5.14. The maximum Gasteiger partial charge on any atom is 0.256 e. The Kier molecular flexibility index (Phi) is 4.82. The average molecular weight is 386 g/mol. The van der Waals surface area contributed by atoms with Gasteiger partial charge in [0, 0.05) is 12.8 Å². The van der Waals surface area contributed by atoms with E-state index < -0.39 is 17.2 Å². The van der Waals surface area contributed by atoms with Gasteiger partial charge in [0.15, 0.2) is 0 Å². The first-order valence-corrected chi connectivity index (χ1v) is 9.03. The molecule has 4 rings (SSSR count). The van der Waals surface area contributed by atoms with Crippen LogP contribution in [0.1, 0.15) is 12.8 Å². The fourth-order valence-electron chi connectivity index (χ4n) is 3.49. The van der Waals surface area contributed by atoms with Crippen molar-refractivity contribution in [1.82, 2.24) is 15.3 Å². The van der Waals surface area contributed by atoms with Crippen LogP contribution in [0.4, 0.5) is 14.5 Å². The molecule has 8 heteroatoms. The first-order valence-electron chi connectivity index (χ1n) is 9.03. The molecule has 2 aromatic carbocycles. The summed E-state index contributed by atoms with van der Waals surface area (Å²) in [6, 6.07) is 8.36. The Hall–Kier alpha value is -2.84. The number of benzene rings is 2. The number of hydrogen-bond acceptors (Lipinski definition) is 4. The van der Waals surface area contributed by atoms with Crippen molar-refractivity contribution >= 4 is 22.6 Å². The fourth-order valence-corrected chi connectivity index (χ4v) is 3.49. The third-order valence-corrected chi connectivity index (χ3v) is 5.14. The number of fused-ring (bicyclic) bond motifs is 1. The predicted molar refractivity (Wildman–Crippen MR) is 102 cm³/mol. The Labute approximate surface area is 160 Å². The Balaban J connectivity index is 1.61. The average Bonchev–Trinajstić information content (AvgIpc) is 3.13. The molecule has 6 nitrogen and oxygen atoms in total. The van der Waals surface area contributed by atoms with Crippen LogP contribution in [0.2, 0.25) is 0 Å². The van der Waals surface area contributed by atoms with Crippen molar-refractivity contribution in [2.24, 2.45) is 0 Å². The topological polar surface area (TPSA) is 79.0 Å². The number of H-pyrrole nitrogens is 1. The van der Waals surface area contributed by atoms with Crippen LogP contribution in [0.15, 0.2) is 36.4 Å². The van der Waals surface area contributed by atoms with Crippen LogP contribution in [-0.2, 0) is 9.53 Å². The molecule has 1 saturated heterocycles. The number of carbonyl (C=O) groups is 1. The number of piperidine rings is 1. The lowest BCUT2D eigenvalue weighted by Crippen LogP contribution is -2.51. The van der Waals surface area contributed by atoms with Crippen molar-refractivity contribution in [3.63, 3.8) is 0 Å². The van der Waals surface area contributed by atoms with Crippen molar-refractivity contribution in [3.8, 4) is 11.4 Å². The smallest absolute Gasteiger partial charge is 0.256 e. The molecule has 0 atom stereocenters. The Bertz CT molecular complexity index is 1030. The van der Waals surface area contributed by atoms with Gasteiger partial charge in [0.25, 0.3) is 5.91 Å². The van der Waals surface area contributed by atoms with Crippen LogP contribution in [-0.4, -0.2) is 41.7 Å². The normalized spacial score (nSPS) is 16.2. The molecule has 1 aliphatic heterocycles. The van der Waals surface area contributed by atoms with Crippen LogP contribution in [0.5, 0.6) is 0 Å². The van der Waals surface area contributed by atoms with E-state index in [0.717, 1.165) is 18.2 Å². The SMILES string of the molecule is COC1(C(=O)Nc2ccc3nc(-c4cc(F)ccc4F)[nH]c3c2)CCNCC1. The Morgan fingerprint density at radius 3 is 2.71 bits per heavy atom. The molecule has 3 N–H and O–H groups in total. The molecular weight excluding hydrogens is 366 g/mol. The lowest BCUT2D eigenvalue weighted by Gasteiger charge is -2.34. The molecule has 1 aromatic heterocycles. The van der Waals surface area contributed by atoms with E-state index in [1.165, 1.54) is 0 Å². The number of anilines is 1. The summed E-state index contributed by atoms with van der Waals surface area (Å²) in [6.07, 6.45) is 1.18. The van der Waals surface area contributed by atoms with Gasteiger partial charge in [-0.1, -0.05) is 0 Å². The van der Waals surface area contributed by atoms with Crippen molar-refractivity contribution in [1.29, 1.82) is 0 Å². The van der Waals surface area contributed by atoms with Crippen LogP contribution >= 0.6 is 0 Å². The molecule has 28 heavy (non-hydrogen) atoms. The van der Waals surface area contributed by atoms with Crippen molar-refractivity contribution < 1.29 is 18.3 Å². The van der Waals surface area contributed by atoms with Gasteiger partial charge >= 0.3 is 0 Å². The number of nitrogens with zero attached hydrogens (tertiary/aromatic N) is 1. The summed E-state index contributed by atoms with van der Waals surface area (Å²) in [5.74, 6) is -1.09. The first kappa shape index (κ1) is 18.5. The quantitative estimate of drug-likeness (QED) is 0.643. The number of hydrogen-bond donors (Lipinski definition) is 3. The molecular formula is C20H20F2N4O2. The van der Waals surface area contributed by atoms with Gasteiger partial charge in [0.1, 0.15) is 23.1 Å². The molecule has 1 fully saturated rings. The summed E-state index contributed by atoms with van der Waals surface area (Å²) in [7, 11) is 1.54. The molecule has 2 heterocycles. The first-order chi connectivity index (χ1) is 13.5. The number of ether oxygens (including phenoxy) is 1. The second-order valence-electron chi connectivity index (χ2n) is 6.84.